The summed E-state index contributed by atoms with van der Waals surface area (Å²) in [7, 11) is 0. The molecule has 2 atom stereocenters. The Labute approximate surface area is 91.2 Å². The molecule has 15 heavy (non-hydrogen) atoms. The lowest BCUT2D eigenvalue weighted by atomic mass is 10.0. The summed E-state index contributed by atoms with van der Waals surface area (Å²) >= 11 is 0. The smallest absolute Gasteiger partial charge is 0.0740 e. The maximum atomic E-state index is 5.88. The molecule has 80 valence electrons. The van der Waals surface area contributed by atoms with Crippen LogP contribution >= 0.6 is 0 Å². The molecule has 2 rings (SSSR count). The van der Waals surface area contributed by atoms with Gasteiger partial charge in [0.25, 0.3) is 0 Å². The number of hydrogen-bond donors (Lipinski definition) is 2. The molecule has 0 bridgehead atoms. The molecule has 1 aliphatic heterocycles. The SMILES string of the molecule is NC1C=CCCC(Cc2ccccc2)N1. The van der Waals surface area contributed by atoms with Gasteiger partial charge in [0.15, 0.2) is 0 Å². The fourth-order valence-corrected chi connectivity index (χ4v) is 2.01. The van der Waals surface area contributed by atoms with E-state index < -0.39 is 0 Å². The molecule has 0 aliphatic carbocycles. The zero-order chi connectivity index (χ0) is 10.5. The van der Waals surface area contributed by atoms with Crippen molar-refractivity contribution in [3.63, 3.8) is 0 Å². The van der Waals surface area contributed by atoms with Gasteiger partial charge in [0, 0.05) is 6.04 Å². The van der Waals surface area contributed by atoms with Gasteiger partial charge in [-0.15, -0.1) is 0 Å². The van der Waals surface area contributed by atoms with Gasteiger partial charge in [-0.2, -0.15) is 0 Å². The van der Waals surface area contributed by atoms with Crippen molar-refractivity contribution in [1.82, 2.24) is 5.32 Å². The highest BCUT2D eigenvalue weighted by atomic mass is 15.0. The van der Waals surface area contributed by atoms with Gasteiger partial charge in [0.1, 0.15) is 0 Å². The largest absolute Gasteiger partial charge is 0.313 e. The monoisotopic (exact) mass is 202 g/mol. The summed E-state index contributed by atoms with van der Waals surface area (Å²) in [4.78, 5) is 0. The first kappa shape index (κ1) is 10.4. The van der Waals surface area contributed by atoms with Crippen LogP contribution in [0.5, 0.6) is 0 Å². The zero-order valence-corrected chi connectivity index (χ0v) is 8.89. The van der Waals surface area contributed by atoms with Crippen molar-refractivity contribution < 1.29 is 0 Å². The highest BCUT2D eigenvalue weighted by Gasteiger charge is 2.13. The van der Waals surface area contributed by atoms with Gasteiger partial charge in [-0.1, -0.05) is 42.5 Å². The average Bonchev–Trinajstić information content (AvgIpc) is 2.44. The average molecular weight is 202 g/mol. The van der Waals surface area contributed by atoms with Gasteiger partial charge in [0.2, 0.25) is 0 Å². The Morgan fingerprint density at radius 1 is 1.27 bits per heavy atom. The first-order valence-corrected chi connectivity index (χ1v) is 5.57. The molecule has 0 spiro atoms. The second-order valence-electron chi connectivity index (χ2n) is 4.08. The topological polar surface area (TPSA) is 38.0 Å². The van der Waals surface area contributed by atoms with Gasteiger partial charge in [-0.25, -0.2) is 0 Å². The zero-order valence-electron chi connectivity index (χ0n) is 8.89. The van der Waals surface area contributed by atoms with Crippen molar-refractivity contribution in [2.45, 2.75) is 31.5 Å². The summed E-state index contributed by atoms with van der Waals surface area (Å²) in [6.45, 7) is 0. The van der Waals surface area contributed by atoms with Crippen LogP contribution in [-0.2, 0) is 6.42 Å². The lowest BCUT2D eigenvalue weighted by molar-refractivity contribution is 0.461. The minimum absolute atomic E-state index is 0.0150. The van der Waals surface area contributed by atoms with Crippen molar-refractivity contribution >= 4 is 0 Å². The lowest BCUT2D eigenvalue weighted by Gasteiger charge is -2.19. The molecule has 0 radical (unpaired) electrons. The molecule has 1 aromatic rings. The summed E-state index contributed by atoms with van der Waals surface area (Å²) in [5, 5.41) is 3.42. The third-order valence-corrected chi connectivity index (χ3v) is 2.78. The molecule has 1 aliphatic rings. The van der Waals surface area contributed by atoms with Crippen molar-refractivity contribution in [1.29, 1.82) is 0 Å². The molecule has 2 nitrogen and oxygen atoms in total. The number of nitrogens with two attached hydrogens (primary N) is 1. The van der Waals surface area contributed by atoms with Crippen LogP contribution in [0.2, 0.25) is 0 Å². The van der Waals surface area contributed by atoms with E-state index in [1.807, 2.05) is 6.08 Å². The predicted octanol–water partition coefficient (Wildman–Crippen LogP) is 1.82. The highest BCUT2D eigenvalue weighted by molar-refractivity contribution is 5.16. The summed E-state index contributed by atoms with van der Waals surface area (Å²) in [6, 6.07) is 11.1. The van der Waals surface area contributed by atoms with E-state index in [2.05, 4.69) is 41.7 Å². The third kappa shape index (κ3) is 3.18. The van der Waals surface area contributed by atoms with Crippen LogP contribution in [0.25, 0.3) is 0 Å². The Kier molecular flexibility index (Phi) is 3.54. The summed E-state index contributed by atoms with van der Waals surface area (Å²) in [6.07, 6.45) is 7.59. The van der Waals surface area contributed by atoms with Gasteiger partial charge < -0.3 is 5.73 Å². The van der Waals surface area contributed by atoms with Gasteiger partial charge in [-0.3, -0.25) is 5.32 Å². The standard InChI is InChI=1S/C13H18N2/c14-13-9-5-4-8-12(15-13)10-11-6-2-1-3-7-11/h1-3,5-7,9,12-13,15H,4,8,10,14H2. The van der Waals surface area contributed by atoms with Crippen LogP contribution in [0, 0.1) is 0 Å². The molecule has 0 amide bonds. The fourth-order valence-electron chi connectivity index (χ4n) is 2.01. The van der Waals surface area contributed by atoms with E-state index in [0.29, 0.717) is 6.04 Å². The Morgan fingerprint density at radius 2 is 2.07 bits per heavy atom. The van der Waals surface area contributed by atoms with Gasteiger partial charge in [-0.05, 0) is 24.8 Å². The fraction of sp³-hybridized carbons (Fsp3) is 0.385. The Bertz CT molecular complexity index is 319. The molecule has 1 aromatic carbocycles. The maximum Gasteiger partial charge on any atom is 0.0740 e. The molecule has 0 fully saturated rings. The first-order valence-electron chi connectivity index (χ1n) is 5.57. The van der Waals surface area contributed by atoms with Crippen molar-refractivity contribution in [3.05, 3.63) is 48.0 Å². The number of rotatable bonds is 2. The van der Waals surface area contributed by atoms with Gasteiger partial charge in [0.05, 0.1) is 6.17 Å². The quantitative estimate of drug-likeness (QED) is 0.718. The summed E-state index contributed by atoms with van der Waals surface area (Å²) < 4.78 is 0. The molecular weight excluding hydrogens is 184 g/mol. The Morgan fingerprint density at radius 3 is 2.87 bits per heavy atom. The van der Waals surface area contributed by atoms with E-state index in [4.69, 9.17) is 5.73 Å². The van der Waals surface area contributed by atoms with Crippen LogP contribution in [0.15, 0.2) is 42.5 Å². The maximum absolute atomic E-state index is 5.88. The van der Waals surface area contributed by atoms with E-state index in [9.17, 15) is 0 Å². The van der Waals surface area contributed by atoms with Crippen LogP contribution in [-0.4, -0.2) is 12.2 Å². The van der Waals surface area contributed by atoms with E-state index >= 15 is 0 Å². The highest BCUT2D eigenvalue weighted by Crippen LogP contribution is 2.10. The molecular formula is C13H18N2. The lowest BCUT2D eigenvalue weighted by Crippen LogP contribution is -2.42. The number of hydrogen-bond acceptors (Lipinski definition) is 2. The van der Waals surface area contributed by atoms with E-state index in [1.165, 1.54) is 12.0 Å². The number of nitrogens with one attached hydrogen (secondary N) is 1. The molecule has 2 unspecified atom stereocenters. The summed E-state index contributed by atoms with van der Waals surface area (Å²) in [5.74, 6) is 0. The molecule has 2 heteroatoms. The third-order valence-electron chi connectivity index (χ3n) is 2.78. The summed E-state index contributed by atoms with van der Waals surface area (Å²) in [5.41, 5.74) is 7.26. The number of allylic oxidation sites excluding steroid dienone is 1. The Hall–Kier alpha value is -1.12. The molecule has 3 N–H and O–H groups in total. The van der Waals surface area contributed by atoms with Crippen LogP contribution in [0.1, 0.15) is 18.4 Å². The van der Waals surface area contributed by atoms with Gasteiger partial charge >= 0.3 is 0 Å². The Balaban J connectivity index is 1.95. The second kappa shape index (κ2) is 5.10. The van der Waals surface area contributed by atoms with Crippen molar-refractivity contribution in [3.8, 4) is 0 Å². The van der Waals surface area contributed by atoms with E-state index in [1.54, 1.807) is 0 Å². The van der Waals surface area contributed by atoms with Crippen LogP contribution < -0.4 is 11.1 Å². The molecule has 0 saturated carbocycles. The first-order chi connectivity index (χ1) is 7.34. The minimum Gasteiger partial charge on any atom is -0.313 e. The van der Waals surface area contributed by atoms with Crippen LogP contribution in [0.4, 0.5) is 0 Å². The van der Waals surface area contributed by atoms with E-state index in [-0.39, 0.29) is 6.17 Å². The van der Waals surface area contributed by atoms with Crippen molar-refractivity contribution in [2.75, 3.05) is 0 Å². The number of benzene rings is 1. The van der Waals surface area contributed by atoms with Crippen LogP contribution in [0.3, 0.4) is 0 Å². The van der Waals surface area contributed by atoms with E-state index in [0.717, 1.165) is 12.8 Å². The second-order valence-corrected chi connectivity index (χ2v) is 4.08. The molecule has 0 saturated heterocycles. The molecule has 1 heterocycles. The molecule has 0 aromatic heterocycles. The normalized spacial score (nSPS) is 26.2. The predicted molar refractivity (Wildman–Crippen MR) is 63.4 cm³/mol. The van der Waals surface area contributed by atoms with Crippen molar-refractivity contribution in [2.24, 2.45) is 5.73 Å². The minimum atomic E-state index is 0.0150.